The lowest BCUT2D eigenvalue weighted by atomic mass is 9.53. The number of carbonyl (C=O) groups is 1. The number of fused-ring (bicyclic) bond motifs is 1. The van der Waals surface area contributed by atoms with Gasteiger partial charge in [0, 0.05) is 18.5 Å². The van der Waals surface area contributed by atoms with Crippen LogP contribution in [0.1, 0.15) is 41.7 Å². The van der Waals surface area contributed by atoms with E-state index in [-0.39, 0.29) is 11.9 Å². The minimum atomic E-state index is -0.0660. The number of aromatic nitrogens is 2. The number of ether oxygens (including phenoxy) is 1. The molecule has 2 aromatic carbocycles. The van der Waals surface area contributed by atoms with Gasteiger partial charge in [0.1, 0.15) is 5.75 Å². The number of para-hydroxylation sites is 2. The van der Waals surface area contributed by atoms with Crippen LogP contribution in [0.5, 0.6) is 5.75 Å². The predicted molar refractivity (Wildman–Crippen MR) is 108 cm³/mol. The standard InChI is InChI=1S/C23H25N3O2/c1-15-7-3-6-10-20(15)28-17-13-23(14-17)11-16(12-23)24-22(27)21-18-8-4-5-9-19(18)26(2)25-21/h3-10,16-17H,11-14H2,1-2H3,(H,24,27). The maximum Gasteiger partial charge on any atom is 0.272 e. The van der Waals surface area contributed by atoms with Gasteiger partial charge in [-0.1, -0.05) is 36.4 Å². The third-order valence-electron chi connectivity index (χ3n) is 6.38. The van der Waals surface area contributed by atoms with Gasteiger partial charge >= 0.3 is 0 Å². The van der Waals surface area contributed by atoms with Crippen LogP contribution in [0.3, 0.4) is 0 Å². The molecule has 1 aromatic heterocycles. The molecule has 1 N–H and O–H groups in total. The van der Waals surface area contributed by atoms with Gasteiger partial charge in [0.05, 0.1) is 11.6 Å². The molecular formula is C23H25N3O2. The molecule has 3 aromatic rings. The zero-order valence-corrected chi connectivity index (χ0v) is 16.3. The summed E-state index contributed by atoms with van der Waals surface area (Å²) in [6, 6.07) is 16.3. The Morgan fingerprint density at radius 3 is 2.61 bits per heavy atom. The molecule has 0 radical (unpaired) electrons. The van der Waals surface area contributed by atoms with Gasteiger partial charge in [-0.15, -0.1) is 0 Å². The number of carbonyl (C=O) groups excluding carboxylic acids is 1. The molecule has 0 unspecified atom stereocenters. The molecule has 5 rings (SSSR count). The summed E-state index contributed by atoms with van der Waals surface area (Å²) < 4.78 is 7.92. The van der Waals surface area contributed by atoms with Gasteiger partial charge in [-0.3, -0.25) is 9.48 Å². The molecule has 0 aliphatic heterocycles. The van der Waals surface area contributed by atoms with Crippen molar-refractivity contribution < 1.29 is 9.53 Å². The number of rotatable bonds is 4. The zero-order chi connectivity index (χ0) is 19.3. The Balaban J connectivity index is 1.16. The Morgan fingerprint density at radius 1 is 1.11 bits per heavy atom. The zero-order valence-electron chi connectivity index (χ0n) is 16.3. The van der Waals surface area contributed by atoms with E-state index in [4.69, 9.17) is 4.74 Å². The largest absolute Gasteiger partial charge is 0.490 e. The highest BCUT2D eigenvalue weighted by Gasteiger charge is 2.54. The van der Waals surface area contributed by atoms with E-state index in [0.29, 0.717) is 17.2 Å². The number of benzene rings is 2. The van der Waals surface area contributed by atoms with E-state index in [9.17, 15) is 4.79 Å². The monoisotopic (exact) mass is 375 g/mol. The van der Waals surface area contributed by atoms with Crippen LogP contribution >= 0.6 is 0 Å². The first-order valence-corrected chi connectivity index (χ1v) is 9.98. The number of amides is 1. The van der Waals surface area contributed by atoms with Crippen LogP contribution in [0, 0.1) is 12.3 Å². The first-order chi connectivity index (χ1) is 13.5. The first-order valence-electron chi connectivity index (χ1n) is 9.98. The van der Waals surface area contributed by atoms with Crippen molar-refractivity contribution in [2.24, 2.45) is 12.5 Å². The fraction of sp³-hybridized carbons (Fsp3) is 0.391. The molecule has 5 nitrogen and oxygen atoms in total. The summed E-state index contributed by atoms with van der Waals surface area (Å²) >= 11 is 0. The molecule has 1 heterocycles. The van der Waals surface area contributed by atoms with Gasteiger partial charge < -0.3 is 10.1 Å². The van der Waals surface area contributed by atoms with Gasteiger partial charge in [0.2, 0.25) is 0 Å². The van der Waals surface area contributed by atoms with Gasteiger partial charge in [-0.2, -0.15) is 5.10 Å². The second kappa shape index (κ2) is 6.36. The quantitative estimate of drug-likeness (QED) is 0.750. The summed E-state index contributed by atoms with van der Waals surface area (Å²) in [5.74, 6) is 0.928. The van der Waals surface area contributed by atoms with Crippen LogP contribution in [-0.2, 0) is 7.05 Å². The summed E-state index contributed by atoms with van der Waals surface area (Å²) in [6.45, 7) is 2.08. The number of aryl methyl sites for hydroxylation is 2. The minimum absolute atomic E-state index is 0.0660. The molecule has 1 spiro atoms. The molecule has 0 atom stereocenters. The maximum absolute atomic E-state index is 12.7. The maximum atomic E-state index is 12.7. The fourth-order valence-corrected chi connectivity index (χ4v) is 4.91. The van der Waals surface area contributed by atoms with Crippen molar-refractivity contribution >= 4 is 16.8 Å². The van der Waals surface area contributed by atoms with Crippen molar-refractivity contribution in [3.05, 3.63) is 59.8 Å². The average Bonchev–Trinajstić information content (AvgIpc) is 2.97. The Bertz CT molecular complexity index is 1040. The highest BCUT2D eigenvalue weighted by molar-refractivity contribution is 6.05. The molecule has 28 heavy (non-hydrogen) atoms. The van der Waals surface area contributed by atoms with E-state index >= 15 is 0 Å². The summed E-state index contributed by atoms with van der Waals surface area (Å²) in [4.78, 5) is 12.7. The highest BCUT2D eigenvalue weighted by Crippen LogP contribution is 2.56. The second-order valence-corrected chi connectivity index (χ2v) is 8.48. The van der Waals surface area contributed by atoms with Crippen LogP contribution in [0.25, 0.3) is 10.9 Å². The SMILES string of the molecule is Cc1ccccc1OC1CC2(CC(NC(=O)c3nn(C)c4ccccc34)C2)C1. The van der Waals surface area contributed by atoms with Crippen molar-refractivity contribution in [3.63, 3.8) is 0 Å². The summed E-state index contributed by atoms with van der Waals surface area (Å²) in [5, 5.41) is 8.51. The van der Waals surface area contributed by atoms with Crippen LogP contribution in [0.4, 0.5) is 0 Å². The summed E-state index contributed by atoms with van der Waals surface area (Å²) in [5.41, 5.74) is 3.04. The van der Waals surface area contributed by atoms with Crippen LogP contribution in [0.15, 0.2) is 48.5 Å². The number of nitrogens with zero attached hydrogens (tertiary/aromatic N) is 2. The average molecular weight is 375 g/mol. The lowest BCUT2D eigenvalue weighted by Crippen LogP contribution is -2.58. The number of hydrogen-bond donors (Lipinski definition) is 1. The second-order valence-electron chi connectivity index (χ2n) is 8.48. The molecule has 2 fully saturated rings. The van der Waals surface area contributed by atoms with E-state index in [2.05, 4.69) is 23.4 Å². The van der Waals surface area contributed by atoms with Gasteiger partial charge in [0.25, 0.3) is 5.91 Å². The van der Waals surface area contributed by atoms with E-state index < -0.39 is 0 Å². The normalized spacial score (nSPS) is 25.9. The van der Waals surface area contributed by atoms with Crippen molar-refractivity contribution in [1.82, 2.24) is 15.1 Å². The Kier molecular flexibility index (Phi) is 3.93. The lowest BCUT2D eigenvalue weighted by Gasteiger charge is -2.57. The Morgan fingerprint density at radius 2 is 1.82 bits per heavy atom. The fourth-order valence-electron chi connectivity index (χ4n) is 4.91. The van der Waals surface area contributed by atoms with Gasteiger partial charge in [0.15, 0.2) is 5.69 Å². The molecule has 2 aliphatic carbocycles. The van der Waals surface area contributed by atoms with E-state index in [1.807, 2.05) is 49.5 Å². The highest BCUT2D eigenvalue weighted by atomic mass is 16.5. The molecule has 0 bridgehead atoms. The minimum Gasteiger partial charge on any atom is -0.490 e. The third kappa shape index (κ3) is 2.86. The summed E-state index contributed by atoms with van der Waals surface area (Å²) in [6.07, 6.45) is 4.55. The first kappa shape index (κ1) is 17.3. The van der Waals surface area contributed by atoms with E-state index in [0.717, 1.165) is 42.3 Å². The third-order valence-corrected chi connectivity index (χ3v) is 6.38. The van der Waals surface area contributed by atoms with Gasteiger partial charge in [-0.05, 0) is 55.7 Å². The molecule has 2 saturated carbocycles. The Hall–Kier alpha value is -2.82. The number of nitrogens with one attached hydrogen (secondary N) is 1. The molecule has 1 amide bonds. The van der Waals surface area contributed by atoms with Crippen molar-refractivity contribution in [2.75, 3.05) is 0 Å². The van der Waals surface area contributed by atoms with E-state index in [1.54, 1.807) is 4.68 Å². The molecule has 144 valence electrons. The van der Waals surface area contributed by atoms with Crippen molar-refractivity contribution in [3.8, 4) is 5.75 Å². The molecule has 5 heteroatoms. The lowest BCUT2D eigenvalue weighted by molar-refractivity contribution is -0.0835. The number of hydrogen-bond acceptors (Lipinski definition) is 3. The van der Waals surface area contributed by atoms with Crippen LogP contribution < -0.4 is 10.1 Å². The van der Waals surface area contributed by atoms with Crippen molar-refractivity contribution in [1.29, 1.82) is 0 Å². The molecule has 0 saturated heterocycles. The summed E-state index contributed by atoms with van der Waals surface area (Å²) in [7, 11) is 1.88. The van der Waals surface area contributed by atoms with Crippen molar-refractivity contribution in [2.45, 2.75) is 44.8 Å². The van der Waals surface area contributed by atoms with Gasteiger partial charge in [-0.25, -0.2) is 0 Å². The van der Waals surface area contributed by atoms with Crippen LogP contribution in [-0.4, -0.2) is 27.8 Å². The topological polar surface area (TPSA) is 56.1 Å². The smallest absolute Gasteiger partial charge is 0.272 e. The molecular weight excluding hydrogens is 350 g/mol. The molecule has 2 aliphatic rings. The van der Waals surface area contributed by atoms with E-state index in [1.165, 1.54) is 5.56 Å². The Labute approximate surface area is 164 Å². The predicted octanol–water partition coefficient (Wildman–Crippen LogP) is 4.00. The van der Waals surface area contributed by atoms with Crippen LogP contribution in [0.2, 0.25) is 0 Å².